The van der Waals surface area contributed by atoms with Gasteiger partial charge in [0.15, 0.2) is 0 Å². The summed E-state index contributed by atoms with van der Waals surface area (Å²) in [5.41, 5.74) is 0.394. The van der Waals surface area contributed by atoms with Crippen molar-refractivity contribution in [3.63, 3.8) is 0 Å². The Kier molecular flexibility index (Phi) is 4.89. The van der Waals surface area contributed by atoms with Crippen LogP contribution >= 0.6 is 0 Å². The summed E-state index contributed by atoms with van der Waals surface area (Å²) in [6.07, 6.45) is -2.68. The minimum atomic E-state index is -4.82. The summed E-state index contributed by atoms with van der Waals surface area (Å²) < 4.78 is 67.7. The van der Waals surface area contributed by atoms with Crippen molar-refractivity contribution >= 4 is 12.5 Å². The smallest absolute Gasteiger partial charge is 0.299 e. The number of benzene rings is 2. The van der Waals surface area contributed by atoms with Gasteiger partial charge in [-0.1, -0.05) is 0 Å². The Morgan fingerprint density at radius 1 is 0.852 bits per heavy atom. The number of alkyl halides is 3. The van der Waals surface area contributed by atoms with Crippen LogP contribution in [-0.4, -0.2) is 15.8 Å². The van der Waals surface area contributed by atoms with Gasteiger partial charge in [-0.3, -0.25) is 9.36 Å². The number of imidazole rings is 1. The molecule has 3 rings (SSSR count). The van der Waals surface area contributed by atoms with Crippen LogP contribution in [0.15, 0.2) is 54.6 Å². The first kappa shape index (κ1) is 18.5. The Labute approximate surface area is 150 Å². The lowest BCUT2D eigenvalue weighted by molar-refractivity contribution is -0.145. The Bertz CT molecular complexity index is 987. The van der Waals surface area contributed by atoms with Gasteiger partial charge in [0.1, 0.15) is 17.9 Å². The number of nitrogens with zero attached hydrogens (tertiary/aromatic N) is 2. The zero-order valence-electron chi connectivity index (χ0n) is 13.5. The third kappa shape index (κ3) is 3.79. The van der Waals surface area contributed by atoms with E-state index in [-0.39, 0.29) is 22.5 Å². The minimum absolute atomic E-state index is 0.00738. The molecule has 138 valence electrons. The van der Waals surface area contributed by atoms with E-state index in [0.717, 1.165) is 36.5 Å². The third-order valence-corrected chi connectivity index (χ3v) is 3.71. The van der Waals surface area contributed by atoms with Crippen molar-refractivity contribution in [2.45, 2.75) is 6.18 Å². The number of aldehydes is 1. The lowest BCUT2D eigenvalue weighted by atomic mass is 10.0. The van der Waals surface area contributed by atoms with Crippen LogP contribution in [0.3, 0.4) is 0 Å². The average molecular weight is 378 g/mol. The van der Waals surface area contributed by atoms with Gasteiger partial charge in [0, 0.05) is 17.3 Å². The number of carbonyl (C=O) groups is 1. The van der Waals surface area contributed by atoms with Gasteiger partial charge in [0.25, 0.3) is 0 Å². The van der Waals surface area contributed by atoms with Gasteiger partial charge in [-0.05, 0) is 54.6 Å². The van der Waals surface area contributed by atoms with Crippen molar-refractivity contribution in [3.8, 4) is 22.5 Å². The molecule has 0 fully saturated rings. The molecule has 0 spiro atoms. The van der Waals surface area contributed by atoms with Crippen LogP contribution in [0, 0.1) is 11.6 Å². The van der Waals surface area contributed by atoms with Crippen LogP contribution in [0.2, 0.25) is 0 Å². The van der Waals surface area contributed by atoms with Crippen LogP contribution in [-0.2, 0) is 11.0 Å². The standard InChI is InChI=1S/C19H11F5N2O/c20-14-6-2-12(3-7-14)16-17(13-4-8-15(21)9-5-13)26(10-1-11-27)18(25-16)19(22,23)24/h1-11H/b10-1+. The second kappa shape index (κ2) is 7.14. The molecule has 3 aromatic rings. The van der Waals surface area contributed by atoms with E-state index in [2.05, 4.69) is 4.98 Å². The molecular formula is C19H11F5N2O. The molecule has 0 N–H and O–H groups in total. The lowest BCUT2D eigenvalue weighted by Crippen LogP contribution is -2.12. The second-order valence-corrected chi connectivity index (χ2v) is 5.49. The van der Waals surface area contributed by atoms with E-state index in [4.69, 9.17) is 0 Å². The fourth-order valence-corrected chi connectivity index (χ4v) is 2.59. The van der Waals surface area contributed by atoms with Crippen molar-refractivity contribution in [1.29, 1.82) is 0 Å². The molecule has 0 aliphatic heterocycles. The highest BCUT2D eigenvalue weighted by Crippen LogP contribution is 2.39. The van der Waals surface area contributed by atoms with E-state index in [1.807, 2.05) is 0 Å². The molecule has 0 unspecified atom stereocenters. The van der Waals surface area contributed by atoms with Crippen LogP contribution < -0.4 is 0 Å². The number of allylic oxidation sites excluding steroid dienone is 1. The summed E-state index contributed by atoms with van der Waals surface area (Å²) in [6.45, 7) is 0. The predicted octanol–water partition coefficient (Wildman–Crippen LogP) is 5.18. The van der Waals surface area contributed by atoms with Gasteiger partial charge >= 0.3 is 6.18 Å². The average Bonchev–Trinajstić information content (AvgIpc) is 3.01. The van der Waals surface area contributed by atoms with E-state index in [1.165, 1.54) is 24.3 Å². The Morgan fingerprint density at radius 3 is 1.85 bits per heavy atom. The summed E-state index contributed by atoms with van der Waals surface area (Å²) in [5.74, 6) is -2.38. The summed E-state index contributed by atoms with van der Waals surface area (Å²) in [6, 6.07) is 9.55. The van der Waals surface area contributed by atoms with Gasteiger partial charge < -0.3 is 0 Å². The van der Waals surface area contributed by atoms with Gasteiger partial charge in [0.05, 0.1) is 11.4 Å². The van der Waals surface area contributed by atoms with Gasteiger partial charge in [-0.2, -0.15) is 13.2 Å². The van der Waals surface area contributed by atoms with Gasteiger partial charge in [0.2, 0.25) is 5.82 Å². The highest BCUT2D eigenvalue weighted by atomic mass is 19.4. The van der Waals surface area contributed by atoms with E-state index in [0.29, 0.717) is 10.9 Å². The molecule has 27 heavy (non-hydrogen) atoms. The number of carbonyl (C=O) groups excluding carboxylic acids is 1. The molecule has 0 aliphatic rings. The number of aromatic nitrogens is 2. The summed E-state index contributed by atoms with van der Waals surface area (Å²) in [4.78, 5) is 14.3. The summed E-state index contributed by atoms with van der Waals surface area (Å²) in [5, 5.41) is 0. The van der Waals surface area contributed by atoms with Crippen molar-refractivity contribution < 1.29 is 26.7 Å². The van der Waals surface area contributed by atoms with Crippen molar-refractivity contribution in [3.05, 3.63) is 72.1 Å². The molecule has 1 heterocycles. The fourth-order valence-electron chi connectivity index (χ4n) is 2.59. The maximum Gasteiger partial charge on any atom is 0.450 e. The van der Waals surface area contributed by atoms with Crippen LogP contribution in [0.25, 0.3) is 28.7 Å². The molecule has 0 bridgehead atoms. The normalized spacial score (nSPS) is 11.9. The molecule has 0 atom stereocenters. The monoisotopic (exact) mass is 378 g/mol. The largest absolute Gasteiger partial charge is 0.450 e. The molecule has 0 saturated heterocycles. The second-order valence-electron chi connectivity index (χ2n) is 5.49. The maximum atomic E-state index is 13.5. The number of rotatable bonds is 4. The highest BCUT2D eigenvalue weighted by molar-refractivity contribution is 5.82. The SMILES string of the molecule is O=C/C=C/n1c(C(F)(F)F)nc(-c2ccc(F)cc2)c1-c1ccc(F)cc1. The van der Waals surface area contributed by atoms with Crippen molar-refractivity contribution in [2.24, 2.45) is 0 Å². The van der Waals surface area contributed by atoms with Crippen LogP contribution in [0.4, 0.5) is 22.0 Å². The molecule has 3 nitrogen and oxygen atoms in total. The lowest BCUT2D eigenvalue weighted by Gasteiger charge is -2.10. The first-order valence-corrected chi connectivity index (χ1v) is 7.64. The number of hydrogen-bond acceptors (Lipinski definition) is 2. The van der Waals surface area contributed by atoms with Crippen molar-refractivity contribution in [1.82, 2.24) is 9.55 Å². The zero-order valence-corrected chi connectivity index (χ0v) is 13.5. The Morgan fingerprint density at radius 2 is 1.37 bits per heavy atom. The summed E-state index contributed by atoms with van der Waals surface area (Å²) in [7, 11) is 0. The number of hydrogen-bond donors (Lipinski definition) is 0. The first-order chi connectivity index (χ1) is 12.8. The zero-order chi connectivity index (χ0) is 19.6. The Hall–Kier alpha value is -3.29. The van der Waals surface area contributed by atoms with Crippen LogP contribution in [0.1, 0.15) is 5.82 Å². The third-order valence-electron chi connectivity index (χ3n) is 3.71. The van der Waals surface area contributed by atoms with Gasteiger partial charge in [-0.15, -0.1) is 0 Å². The molecule has 1 aromatic heterocycles. The quantitative estimate of drug-likeness (QED) is 0.356. The molecule has 0 aliphatic carbocycles. The number of halogens is 5. The van der Waals surface area contributed by atoms with E-state index >= 15 is 0 Å². The minimum Gasteiger partial charge on any atom is -0.299 e. The van der Waals surface area contributed by atoms with E-state index in [1.54, 1.807) is 0 Å². The van der Waals surface area contributed by atoms with E-state index < -0.39 is 23.6 Å². The maximum absolute atomic E-state index is 13.5. The molecular weight excluding hydrogens is 367 g/mol. The molecule has 0 radical (unpaired) electrons. The molecule has 2 aromatic carbocycles. The summed E-state index contributed by atoms with van der Waals surface area (Å²) >= 11 is 0. The highest BCUT2D eigenvalue weighted by Gasteiger charge is 2.39. The fraction of sp³-hybridized carbons (Fsp3) is 0.0526. The Balaban J connectivity index is 2.35. The van der Waals surface area contributed by atoms with Crippen molar-refractivity contribution in [2.75, 3.05) is 0 Å². The molecule has 0 saturated carbocycles. The predicted molar refractivity (Wildman–Crippen MR) is 89.4 cm³/mol. The molecule has 8 heteroatoms. The van der Waals surface area contributed by atoms with Crippen LogP contribution in [0.5, 0.6) is 0 Å². The molecule has 0 amide bonds. The van der Waals surface area contributed by atoms with Gasteiger partial charge in [-0.25, -0.2) is 13.8 Å². The topological polar surface area (TPSA) is 34.9 Å². The first-order valence-electron chi connectivity index (χ1n) is 7.64. The van der Waals surface area contributed by atoms with E-state index in [9.17, 15) is 26.7 Å².